The van der Waals surface area contributed by atoms with Crippen LogP contribution in [0.2, 0.25) is 5.15 Å². The molecule has 2 aromatic carbocycles. The first kappa shape index (κ1) is 20.3. The molecule has 0 bridgehead atoms. The van der Waals surface area contributed by atoms with Gasteiger partial charge in [0.2, 0.25) is 0 Å². The summed E-state index contributed by atoms with van der Waals surface area (Å²) >= 11 is 6.10. The third-order valence-electron chi connectivity index (χ3n) is 4.85. The molecular formula is C24H15ClFN3O2. The molecule has 2 aromatic heterocycles. The Kier molecular flexibility index (Phi) is 5.52. The standard InChI is InChI=1S/C24H15ClFN3O2/c25-22-10-9-21-19(11-18(12-27)16-3-5-17(6-4-16)24(30)31)14-29(23(21)28-22)13-15-1-7-20(26)8-2-15/h1-11,14H,13H2,(H,30,31). The van der Waals surface area contributed by atoms with Crippen molar-refractivity contribution in [1.29, 1.82) is 5.26 Å². The molecule has 152 valence electrons. The molecule has 0 spiro atoms. The maximum absolute atomic E-state index is 13.2. The molecule has 0 aliphatic carbocycles. The number of allylic oxidation sites excluding steroid dienone is 1. The molecule has 0 radical (unpaired) electrons. The average molecular weight is 432 g/mol. The van der Waals surface area contributed by atoms with Gasteiger partial charge in [-0.05, 0) is 53.6 Å². The lowest BCUT2D eigenvalue weighted by atomic mass is 10.0. The van der Waals surface area contributed by atoms with Gasteiger partial charge in [0.1, 0.15) is 16.6 Å². The number of carboxylic acids is 1. The van der Waals surface area contributed by atoms with Gasteiger partial charge in [0.25, 0.3) is 0 Å². The number of nitrogens with zero attached hydrogens (tertiary/aromatic N) is 3. The number of aromatic carboxylic acids is 1. The molecule has 0 saturated carbocycles. The van der Waals surface area contributed by atoms with E-state index in [-0.39, 0.29) is 11.4 Å². The van der Waals surface area contributed by atoms with Gasteiger partial charge in [-0.1, -0.05) is 35.9 Å². The van der Waals surface area contributed by atoms with E-state index in [0.29, 0.717) is 28.5 Å². The Morgan fingerprint density at radius 2 is 1.77 bits per heavy atom. The summed E-state index contributed by atoms with van der Waals surface area (Å²) in [5.74, 6) is -1.33. The van der Waals surface area contributed by atoms with Crippen molar-refractivity contribution < 1.29 is 14.3 Å². The molecule has 0 saturated heterocycles. The first-order valence-electron chi connectivity index (χ1n) is 9.30. The fourth-order valence-corrected chi connectivity index (χ4v) is 3.46. The van der Waals surface area contributed by atoms with E-state index in [0.717, 1.165) is 16.5 Å². The quantitative estimate of drug-likeness (QED) is 0.327. The second kappa shape index (κ2) is 8.42. The van der Waals surface area contributed by atoms with Crippen molar-refractivity contribution in [2.45, 2.75) is 6.54 Å². The van der Waals surface area contributed by atoms with Crippen molar-refractivity contribution in [3.8, 4) is 6.07 Å². The van der Waals surface area contributed by atoms with Gasteiger partial charge in [-0.3, -0.25) is 0 Å². The summed E-state index contributed by atoms with van der Waals surface area (Å²) in [4.78, 5) is 15.5. The van der Waals surface area contributed by atoms with Crippen LogP contribution in [0.5, 0.6) is 0 Å². The van der Waals surface area contributed by atoms with Crippen LogP contribution >= 0.6 is 11.6 Å². The predicted molar refractivity (Wildman–Crippen MR) is 117 cm³/mol. The number of pyridine rings is 1. The van der Waals surface area contributed by atoms with Crippen LogP contribution in [0.1, 0.15) is 27.0 Å². The van der Waals surface area contributed by atoms with Gasteiger partial charge in [-0.25, -0.2) is 14.2 Å². The smallest absolute Gasteiger partial charge is 0.335 e. The Morgan fingerprint density at radius 1 is 1.10 bits per heavy atom. The second-order valence-electron chi connectivity index (χ2n) is 6.90. The van der Waals surface area contributed by atoms with Crippen LogP contribution in [0.3, 0.4) is 0 Å². The summed E-state index contributed by atoms with van der Waals surface area (Å²) in [5, 5.41) is 19.9. The zero-order valence-electron chi connectivity index (χ0n) is 16.1. The summed E-state index contributed by atoms with van der Waals surface area (Å²) in [7, 11) is 0. The zero-order chi connectivity index (χ0) is 22.0. The highest BCUT2D eigenvalue weighted by Gasteiger charge is 2.12. The van der Waals surface area contributed by atoms with Crippen LogP contribution in [0, 0.1) is 17.1 Å². The summed E-state index contributed by atoms with van der Waals surface area (Å²) in [5.41, 5.74) is 3.43. The fraction of sp³-hybridized carbons (Fsp3) is 0.0417. The number of nitriles is 1. The number of rotatable bonds is 5. The number of benzene rings is 2. The normalized spacial score (nSPS) is 11.5. The molecule has 7 heteroatoms. The highest BCUT2D eigenvalue weighted by atomic mass is 35.5. The number of fused-ring (bicyclic) bond motifs is 1. The van der Waals surface area contributed by atoms with Crippen LogP contribution in [-0.4, -0.2) is 20.6 Å². The lowest BCUT2D eigenvalue weighted by Crippen LogP contribution is -1.99. The molecule has 0 aliphatic rings. The number of hydrogen-bond acceptors (Lipinski definition) is 3. The van der Waals surface area contributed by atoms with E-state index in [4.69, 9.17) is 16.7 Å². The molecule has 0 atom stereocenters. The molecule has 0 unspecified atom stereocenters. The van der Waals surface area contributed by atoms with E-state index in [1.165, 1.54) is 24.3 Å². The van der Waals surface area contributed by atoms with Crippen molar-refractivity contribution >= 4 is 40.3 Å². The Balaban J connectivity index is 1.78. The van der Waals surface area contributed by atoms with Gasteiger partial charge in [0, 0.05) is 23.7 Å². The maximum Gasteiger partial charge on any atom is 0.335 e. The zero-order valence-corrected chi connectivity index (χ0v) is 16.8. The molecule has 4 rings (SSSR count). The van der Waals surface area contributed by atoms with E-state index in [9.17, 15) is 14.4 Å². The Labute approximate surface area is 182 Å². The molecule has 5 nitrogen and oxygen atoms in total. The van der Waals surface area contributed by atoms with Gasteiger partial charge >= 0.3 is 5.97 Å². The highest BCUT2D eigenvalue weighted by molar-refractivity contribution is 6.29. The largest absolute Gasteiger partial charge is 0.478 e. The van der Waals surface area contributed by atoms with Gasteiger partial charge < -0.3 is 9.67 Å². The van der Waals surface area contributed by atoms with Gasteiger partial charge in [0.05, 0.1) is 17.2 Å². The van der Waals surface area contributed by atoms with Gasteiger partial charge in [0.15, 0.2) is 0 Å². The molecular weight excluding hydrogens is 417 g/mol. The lowest BCUT2D eigenvalue weighted by Gasteiger charge is -2.05. The third kappa shape index (κ3) is 4.32. The van der Waals surface area contributed by atoms with Crippen LogP contribution < -0.4 is 0 Å². The molecule has 31 heavy (non-hydrogen) atoms. The number of halogens is 2. The summed E-state index contributed by atoms with van der Waals surface area (Å²) < 4.78 is 15.1. The van der Waals surface area contributed by atoms with Crippen LogP contribution in [0.15, 0.2) is 66.9 Å². The minimum atomic E-state index is -1.03. The molecule has 0 aliphatic heterocycles. The van der Waals surface area contributed by atoms with Crippen molar-refractivity contribution in [2.24, 2.45) is 0 Å². The van der Waals surface area contributed by atoms with Crippen molar-refractivity contribution in [3.63, 3.8) is 0 Å². The number of hydrogen-bond donors (Lipinski definition) is 1. The second-order valence-corrected chi connectivity index (χ2v) is 7.28. The Morgan fingerprint density at radius 3 is 2.42 bits per heavy atom. The lowest BCUT2D eigenvalue weighted by molar-refractivity contribution is 0.0697. The number of carbonyl (C=O) groups is 1. The predicted octanol–water partition coefficient (Wildman–Crippen LogP) is 5.64. The molecule has 0 fully saturated rings. The van der Waals surface area contributed by atoms with Gasteiger partial charge in [-0.2, -0.15) is 5.26 Å². The number of carboxylic acid groups (broad SMARTS) is 1. The summed E-state index contributed by atoms with van der Waals surface area (Å²) in [6, 6.07) is 18.0. The van der Waals surface area contributed by atoms with Crippen molar-refractivity contribution in [2.75, 3.05) is 0 Å². The summed E-state index contributed by atoms with van der Waals surface area (Å²) in [6.07, 6.45) is 3.59. The molecule has 1 N–H and O–H groups in total. The van der Waals surface area contributed by atoms with Gasteiger partial charge in [-0.15, -0.1) is 0 Å². The monoisotopic (exact) mass is 431 g/mol. The van der Waals surface area contributed by atoms with E-state index in [1.54, 1.807) is 36.4 Å². The highest BCUT2D eigenvalue weighted by Crippen LogP contribution is 2.27. The Hall–Kier alpha value is -3.95. The van der Waals surface area contributed by atoms with E-state index in [1.807, 2.05) is 16.8 Å². The maximum atomic E-state index is 13.2. The summed E-state index contributed by atoms with van der Waals surface area (Å²) in [6.45, 7) is 0.452. The van der Waals surface area contributed by atoms with Crippen LogP contribution in [-0.2, 0) is 6.54 Å². The molecule has 0 amide bonds. The minimum absolute atomic E-state index is 0.149. The number of aromatic nitrogens is 2. The minimum Gasteiger partial charge on any atom is -0.478 e. The average Bonchev–Trinajstić information content (AvgIpc) is 3.09. The molecule has 2 heterocycles. The van der Waals surface area contributed by atoms with E-state index >= 15 is 0 Å². The fourth-order valence-electron chi connectivity index (χ4n) is 3.32. The third-order valence-corrected chi connectivity index (χ3v) is 5.06. The van der Waals surface area contributed by atoms with E-state index < -0.39 is 5.97 Å². The molecule has 4 aromatic rings. The first-order valence-corrected chi connectivity index (χ1v) is 9.68. The SMILES string of the molecule is N#CC(=Cc1cn(Cc2ccc(F)cc2)c2nc(Cl)ccc12)c1ccc(C(=O)O)cc1. The van der Waals surface area contributed by atoms with Crippen molar-refractivity contribution in [1.82, 2.24) is 9.55 Å². The first-order chi connectivity index (χ1) is 14.9. The van der Waals surface area contributed by atoms with Crippen LogP contribution in [0.25, 0.3) is 22.7 Å². The van der Waals surface area contributed by atoms with Crippen molar-refractivity contribution in [3.05, 3.63) is 100 Å². The Bertz CT molecular complexity index is 1350. The van der Waals surface area contributed by atoms with Crippen LogP contribution in [0.4, 0.5) is 4.39 Å². The van der Waals surface area contributed by atoms with E-state index in [2.05, 4.69) is 11.1 Å². The topological polar surface area (TPSA) is 78.9 Å².